The number of aromatic nitrogens is 5. The summed E-state index contributed by atoms with van der Waals surface area (Å²) in [5.74, 6) is 0.408. The predicted molar refractivity (Wildman–Crippen MR) is 120 cm³/mol. The van der Waals surface area contributed by atoms with Gasteiger partial charge in [-0.3, -0.25) is 4.79 Å². The van der Waals surface area contributed by atoms with Crippen molar-refractivity contribution in [2.24, 2.45) is 0 Å². The fourth-order valence-corrected chi connectivity index (χ4v) is 3.34. The van der Waals surface area contributed by atoms with Crippen molar-refractivity contribution in [1.82, 2.24) is 24.9 Å². The van der Waals surface area contributed by atoms with Crippen LogP contribution in [0.5, 0.6) is 5.88 Å². The Morgan fingerprint density at radius 3 is 2.81 bits per heavy atom. The van der Waals surface area contributed by atoms with Gasteiger partial charge in [0.2, 0.25) is 11.8 Å². The number of ether oxygens (including phenoxy) is 1. The highest BCUT2D eigenvalue weighted by Crippen LogP contribution is 2.35. The van der Waals surface area contributed by atoms with Crippen LogP contribution >= 0.6 is 0 Å². The largest absolute Gasteiger partial charge is 0.481 e. The molecule has 164 valence electrons. The topological polar surface area (TPSA) is 118 Å². The number of aromatic amines is 1. The van der Waals surface area contributed by atoms with Crippen LogP contribution in [0.25, 0.3) is 22.2 Å². The lowest BCUT2D eigenvalue weighted by atomic mass is 10.0. The van der Waals surface area contributed by atoms with Gasteiger partial charge in [-0.25, -0.2) is 19.9 Å². The Morgan fingerprint density at radius 2 is 2.09 bits per heavy atom. The van der Waals surface area contributed by atoms with Gasteiger partial charge in [-0.05, 0) is 18.6 Å². The van der Waals surface area contributed by atoms with Crippen molar-refractivity contribution in [3.05, 3.63) is 48.4 Å². The maximum absolute atomic E-state index is 14.8. The smallest absolute Gasteiger partial charge is 0.226 e. The van der Waals surface area contributed by atoms with E-state index < -0.39 is 5.95 Å². The molecule has 0 radical (unpaired) electrons. The van der Waals surface area contributed by atoms with Crippen molar-refractivity contribution in [3.63, 3.8) is 0 Å². The zero-order valence-corrected chi connectivity index (χ0v) is 17.6. The molecule has 0 bridgehead atoms. The van der Waals surface area contributed by atoms with E-state index in [1.54, 1.807) is 30.6 Å². The van der Waals surface area contributed by atoms with Crippen LogP contribution in [-0.4, -0.2) is 44.9 Å². The molecule has 0 saturated heterocycles. The number of nitrogens with one attached hydrogen (secondary N) is 3. The fraction of sp³-hybridized carbons (Fsp3) is 0.227. The molecule has 0 atom stereocenters. The highest BCUT2D eigenvalue weighted by atomic mass is 19.1. The average molecular weight is 435 g/mol. The van der Waals surface area contributed by atoms with E-state index in [9.17, 15) is 9.18 Å². The van der Waals surface area contributed by atoms with Gasteiger partial charge in [-0.2, -0.15) is 4.39 Å². The molecule has 9 nitrogen and oxygen atoms in total. The molecule has 0 saturated carbocycles. The average Bonchev–Trinajstić information content (AvgIpc) is 3.24. The van der Waals surface area contributed by atoms with Gasteiger partial charge in [0.05, 0.1) is 29.9 Å². The number of aldehydes is 1. The lowest BCUT2D eigenvalue weighted by Gasteiger charge is -2.12. The third-order valence-electron chi connectivity index (χ3n) is 4.93. The molecule has 4 heterocycles. The molecular formula is C22H22FN7O2. The van der Waals surface area contributed by atoms with Gasteiger partial charge in [-0.1, -0.05) is 13.3 Å². The van der Waals surface area contributed by atoms with Crippen LogP contribution in [0, 0.1) is 5.95 Å². The number of unbranched alkanes of at least 4 members (excludes halogenated alkanes) is 1. The zero-order valence-electron chi connectivity index (χ0n) is 17.6. The summed E-state index contributed by atoms with van der Waals surface area (Å²) in [6.07, 6.45) is 7.14. The summed E-state index contributed by atoms with van der Waals surface area (Å²) in [5, 5.41) is 6.99. The Bertz CT molecular complexity index is 1240. The Morgan fingerprint density at radius 1 is 1.22 bits per heavy atom. The molecule has 4 aromatic rings. The second-order valence-corrected chi connectivity index (χ2v) is 7.02. The van der Waals surface area contributed by atoms with Gasteiger partial charge in [0, 0.05) is 29.9 Å². The molecule has 4 aromatic heterocycles. The van der Waals surface area contributed by atoms with Crippen molar-refractivity contribution in [2.75, 3.05) is 24.3 Å². The van der Waals surface area contributed by atoms with E-state index in [0.29, 0.717) is 45.8 Å². The summed E-state index contributed by atoms with van der Waals surface area (Å²) in [6, 6.07) is 5.02. The number of hydrogen-bond donors (Lipinski definition) is 3. The summed E-state index contributed by atoms with van der Waals surface area (Å²) < 4.78 is 19.8. The van der Waals surface area contributed by atoms with E-state index in [4.69, 9.17) is 4.74 Å². The summed E-state index contributed by atoms with van der Waals surface area (Å²) in [6.45, 7) is 2.83. The van der Waals surface area contributed by atoms with Gasteiger partial charge < -0.3 is 20.4 Å². The number of hydrogen-bond acceptors (Lipinski definition) is 8. The first kappa shape index (κ1) is 21.2. The fourth-order valence-electron chi connectivity index (χ4n) is 3.34. The SMILES string of the molecule is CCCCNc1ncnc2[nH]cc(-c3cc(Nc4ccc(OC)nc4)nc(F)c3C=O)c12. The van der Waals surface area contributed by atoms with Crippen molar-refractivity contribution in [2.45, 2.75) is 19.8 Å². The van der Waals surface area contributed by atoms with E-state index in [1.807, 2.05) is 0 Å². The highest BCUT2D eigenvalue weighted by Gasteiger charge is 2.19. The Kier molecular flexibility index (Phi) is 6.20. The lowest BCUT2D eigenvalue weighted by molar-refractivity contribution is 0.111. The van der Waals surface area contributed by atoms with E-state index >= 15 is 0 Å². The molecule has 0 aliphatic rings. The van der Waals surface area contributed by atoms with Gasteiger partial charge >= 0.3 is 0 Å². The number of methoxy groups -OCH3 is 1. The first-order valence-electron chi connectivity index (χ1n) is 10.1. The van der Waals surface area contributed by atoms with Gasteiger partial charge in [-0.15, -0.1) is 0 Å². The number of anilines is 3. The summed E-state index contributed by atoms with van der Waals surface area (Å²) in [7, 11) is 1.52. The molecular weight excluding hydrogens is 413 g/mol. The van der Waals surface area contributed by atoms with Crippen molar-refractivity contribution in [1.29, 1.82) is 0 Å². The minimum atomic E-state index is -0.881. The van der Waals surface area contributed by atoms with Crippen LogP contribution in [0.15, 0.2) is 36.9 Å². The van der Waals surface area contributed by atoms with Crippen molar-refractivity contribution < 1.29 is 13.9 Å². The van der Waals surface area contributed by atoms with Crippen LogP contribution in [0.4, 0.5) is 21.7 Å². The molecule has 0 spiro atoms. The minimum absolute atomic E-state index is 0.146. The second kappa shape index (κ2) is 9.38. The third kappa shape index (κ3) is 4.20. The predicted octanol–water partition coefficient (Wildman–Crippen LogP) is 4.33. The van der Waals surface area contributed by atoms with Crippen molar-refractivity contribution >= 4 is 34.6 Å². The van der Waals surface area contributed by atoms with E-state index in [1.165, 1.54) is 13.4 Å². The quantitative estimate of drug-likeness (QED) is 0.202. The number of H-pyrrole nitrogens is 1. The highest BCUT2D eigenvalue weighted by molar-refractivity contribution is 6.04. The number of rotatable bonds is 9. The molecule has 0 fully saturated rings. The van der Waals surface area contributed by atoms with E-state index in [-0.39, 0.29) is 11.4 Å². The molecule has 0 aliphatic carbocycles. The van der Waals surface area contributed by atoms with Gasteiger partial charge in [0.15, 0.2) is 6.29 Å². The molecule has 0 aliphatic heterocycles. The summed E-state index contributed by atoms with van der Waals surface area (Å²) >= 11 is 0. The van der Waals surface area contributed by atoms with Crippen LogP contribution in [-0.2, 0) is 0 Å². The molecule has 0 amide bonds. The number of halogens is 1. The molecule has 0 aromatic carbocycles. The molecule has 0 unspecified atom stereocenters. The Balaban J connectivity index is 1.78. The monoisotopic (exact) mass is 435 g/mol. The number of fused-ring (bicyclic) bond motifs is 1. The molecule has 4 rings (SSSR count). The number of pyridine rings is 2. The number of carbonyl (C=O) groups is 1. The van der Waals surface area contributed by atoms with Crippen LogP contribution in [0.3, 0.4) is 0 Å². The lowest BCUT2D eigenvalue weighted by Crippen LogP contribution is -2.05. The standard InChI is InChI=1S/C22H22FN7O2/c1-3-4-7-24-21-19-15(10-26-22(19)28-12-27-21)14-8-17(30-20(23)16(14)11-31)29-13-5-6-18(32-2)25-9-13/h5-6,8-12H,3-4,7H2,1-2H3,(H,29,30)(H2,24,26,27,28). The van der Waals surface area contributed by atoms with Crippen LogP contribution in [0.2, 0.25) is 0 Å². The molecule has 10 heteroatoms. The van der Waals surface area contributed by atoms with Crippen LogP contribution < -0.4 is 15.4 Å². The van der Waals surface area contributed by atoms with Crippen molar-refractivity contribution in [3.8, 4) is 17.0 Å². The Labute approximate surface area is 183 Å². The van der Waals surface area contributed by atoms with Gasteiger partial charge in [0.25, 0.3) is 0 Å². The second-order valence-electron chi connectivity index (χ2n) is 7.02. The molecule has 32 heavy (non-hydrogen) atoms. The third-order valence-corrected chi connectivity index (χ3v) is 4.93. The number of carbonyl (C=O) groups excluding carboxylic acids is 1. The Hall–Kier alpha value is -4.08. The first-order chi connectivity index (χ1) is 15.6. The summed E-state index contributed by atoms with van der Waals surface area (Å²) in [4.78, 5) is 31.4. The molecule has 3 N–H and O–H groups in total. The zero-order chi connectivity index (χ0) is 22.5. The number of nitrogens with zero attached hydrogens (tertiary/aromatic N) is 4. The van der Waals surface area contributed by atoms with Crippen LogP contribution in [0.1, 0.15) is 30.1 Å². The van der Waals surface area contributed by atoms with E-state index in [0.717, 1.165) is 19.4 Å². The maximum Gasteiger partial charge on any atom is 0.226 e. The maximum atomic E-state index is 14.8. The first-order valence-corrected chi connectivity index (χ1v) is 10.1. The normalized spacial score (nSPS) is 10.8. The summed E-state index contributed by atoms with van der Waals surface area (Å²) in [5.41, 5.74) is 1.99. The van der Waals surface area contributed by atoms with Gasteiger partial charge in [0.1, 0.15) is 23.6 Å². The minimum Gasteiger partial charge on any atom is -0.481 e. The van der Waals surface area contributed by atoms with E-state index in [2.05, 4.69) is 42.5 Å².